The number of rotatable bonds is 5. The standard InChI is InChI=1S/C20H18N4O3/c1-25-15-9-13(10-16(26-2)19(15)27-3)18-17-14(12-5-4-7-21-11-12)6-8-22-20(17)24-23-18/h4-11H,1-3H3,(H,22,23,24). The summed E-state index contributed by atoms with van der Waals surface area (Å²) in [6, 6.07) is 9.63. The highest BCUT2D eigenvalue weighted by atomic mass is 16.5. The van der Waals surface area contributed by atoms with Gasteiger partial charge in [-0.15, -0.1) is 0 Å². The molecule has 0 aliphatic rings. The molecule has 0 saturated heterocycles. The Kier molecular flexibility index (Phi) is 4.33. The van der Waals surface area contributed by atoms with E-state index in [-0.39, 0.29) is 0 Å². The van der Waals surface area contributed by atoms with Crippen LogP contribution in [-0.2, 0) is 0 Å². The van der Waals surface area contributed by atoms with Gasteiger partial charge >= 0.3 is 0 Å². The Hall–Kier alpha value is -3.61. The van der Waals surface area contributed by atoms with Crippen LogP contribution in [0.25, 0.3) is 33.4 Å². The van der Waals surface area contributed by atoms with Crippen molar-refractivity contribution in [3.05, 3.63) is 48.9 Å². The van der Waals surface area contributed by atoms with E-state index in [2.05, 4.69) is 20.2 Å². The Morgan fingerprint density at radius 2 is 1.67 bits per heavy atom. The van der Waals surface area contributed by atoms with Gasteiger partial charge < -0.3 is 14.2 Å². The predicted octanol–water partition coefficient (Wildman–Crippen LogP) is 3.71. The van der Waals surface area contributed by atoms with E-state index in [4.69, 9.17) is 14.2 Å². The smallest absolute Gasteiger partial charge is 0.203 e. The van der Waals surface area contributed by atoms with Crippen LogP contribution in [0.4, 0.5) is 0 Å². The Bertz CT molecular complexity index is 1070. The zero-order chi connectivity index (χ0) is 18.8. The molecule has 0 radical (unpaired) electrons. The van der Waals surface area contributed by atoms with E-state index in [1.54, 1.807) is 33.7 Å². The van der Waals surface area contributed by atoms with E-state index in [0.717, 1.165) is 27.8 Å². The molecule has 0 atom stereocenters. The van der Waals surface area contributed by atoms with Crippen LogP contribution in [0.5, 0.6) is 17.2 Å². The SMILES string of the molecule is COc1cc(-c2[nH]nc3nccc(-c4cccnc4)c23)cc(OC)c1OC. The van der Waals surface area contributed by atoms with E-state index >= 15 is 0 Å². The maximum atomic E-state index is 5.48. The summed E-state index contributed by atoms with van der Waals surface area (Å²) in [5, 5.41) is 8.36. The lowest BCUT2D eigenvalue weighted by Gasteiger charge is -2.14. The van der Waals surface area contributed by atoms with Gasteiger partial charge in [-0.25, -0.2) is 4.98 Å². The molecule has 0 fully saturated rings. The number of hydrogen-bond donors (Lipinski definition) is 1. The average molecular weight is 362 g/mol. The van der Waals surface area contributed by atoms with Gasteiger partial charge in [0.25, 0.3) is 0 Å². The van der Waals surface area contributed by atoms with Gasteiger partial charge in [-0.05, 0) is 29.8 Å². The molecule has 3 heterocycles. The molecule has 0 aliphatic heterocycles. The predicted molar refractivity (Wildman–Crippen MR) is 102 cm³/mol. The molecule has 7 heteroatoms. The number of aromatic amines is 1. The monoisotopic (exact) mass is 362 g/mol. The van der Waals surface area contributed by atoms with Crippen LogP contribution in [0.15, 0.2) is 48.9 Å². The summed E-state index contributed by atoms with van der Waals surface area (Å²) < 4.78 is 16.4. The van der Waals surface area contributed by atoms with E-state index in [9.17, 15) is 0 Å². The third kappa shape index (κ3) is 2.83. The van der Waals surface area contributed by atoms with Gasteiger partial charge in [-0.1, -0.05) is 6.07 Å². The topological polar surface area (TPSA) is 82.2 Å². The highest BCUT2D eigenvalue weighted by Crippen LogP contribution is 2.43. The number of benzene rings is 1. The summed E-state index contributed by atoms with van der Waals surface area (Å²) in [7, 11) is 4.76. The zero-order valence-corrected chi connectivity index (χ0v) is 15.2. The second-order valence-electron chi connectivity index (χ2n) is 5.81. The van der Waals surface area contributed by atoms with Crippen LogP contribution in [0.1, 0.15) is 0 Å². The number of ether oxygens (including phenoxy) is 3. The van der Waals surface area contributed by atoms with Crippen molar-refractivity contribution in [2.24, 2.45) is 0 Å². The lowest BCUT2D eigenvalue weighted by atomic mass is 10.0. The molecular formula is C20H18N4O3. The fourth-order valence-corrected chi connectivity index (χ4v) is 3.14. The second-order valence-corrected chi connectivity index (χ2v) is 5.81. The average Bonchev–Trinajstić information content (AvgIpc) is 3.17. The highest BCUT2D eigenvalue weighted by molar-refractivity contribution is 6.02. The van der Waals surface area contributed by atoms with Crippen molar-refractivity contribution in [1.82, 2.24) is 20.2 Å². The summed E-state index contributed by atoms with van der Waals surface area (Å²) in [6.45, 7) is 0. The number of nitrogens with one attached hydrogen (secondary N) is 1. The van der Waals surface area contributed by atoms with Gasteiger partial charge in [0.15, 0.2) is 17.1 Å². The van der Waals surface area contributed by atoms with Crippen LogP contribution in [0.3, 0.4) is 0 Å². The number of nitrogens with zero attached hydrogens (tertiary/aromatic N) is 3. The van der Waals surface area contributed by atoms with Gasteiger partial charge in [0.1, 0.15) is 0 Å². The largest absolute Gasteiger partial charge is 0.493 e. The van der Waals surface area contributed by atoms with Crippen LogP contribution in [0.2, 0.25) is 0 Å². The molecule has 3 aromatic heterocycles. The van der Waals surface area contributed by atoms with Crippen molar-refractivity contribution in [1.29, 1.82) is 0 Å². The Balaban J connectivity index is 1.98. The summed E-state index contributed by atoms with van der Waals surface area (Å²) in [5.74, 6) is 1.68. The van der Waals surface area contributed by atoms with E-state index in [0.29, 0.717) is 22.9 Å². The fourth-order valence-electron chi connectivity index (χ4n) is 3.14. The maximum Gasteiger partial charge on any atom is 0.203 e. The molecule has 7 nitrogen and oxygen atoms in total. The lowest BCUT2D eigenvalue weighted by molar-refractivity contribution is 0.324. The number of aromatic nitrogens is 4. The minimum absolute atomic E-state index is 0.540. The van der Waals surface area contributed by atoms with Crippen molar-refractivity contribution in [2.45, 2.75) is 0 Å². The quantitative estimate of drug-likeness (QED) is 0.583. The van der Waals surface area contributed by atoms with Crippen molar-refractivity contribution in [3.63, 3.8) is 0 Å². The normalized spacial score (nSPS) is 10.8. The second kappa shape index (κ2) is 6.95. The zero-order valence-electron chi connectivity index (χ0n) is 15.2. The molecule has 0 amide bonds. The van der Waals surface area contributed by atoms with Crippen molar-refractivity contribution >= 4 is 11.0 Å². The van der Waals surface area contributed by atoms with Crippen molar-refractivity contribution in [3.8, 4) is 39.6 Å². The summed E-state index contributed by atoms with van der Waals surface area (Å²) in [4.78, 5) is 8.61. The first-order valence-corrected chi connectivity index (χ1v) is 8.30. The highest BCUT2D eigenvalue weighted by Gasteiger charge is 2.19. The summed E-state index contributed by atoms with van der Waals surface area (Å²) >= 11 is 0. The first kappa shape index (κ1) is 16.8. The fraction of sp³-hybridized carbons (Fsp3) is 0.150. The molecule has 4 aromatic rings. The molecule has 0 aliphatic carbocycles. The first-order valence-electron chi connectivity index (χ1n) is 8.30. The lowest BCUT2D eigenvalue weighted by Crippen LogP contribution is -1.96. The molecule has 136 valence electrons. The van der Waals surface area contributed by atoms with Gasteiger partial charge in [-0.3, -0.25) is 10.1 Å². The number of H-pyrrole nitrogens is 1. The molecule has 1 N–H and O–H groups in total. The van der Waals surface area contributed by atoms with Crippen LogP contribution < -0.4 is 14.2 Å². The Labute approximate surface area is 155 Å². The molecule has 0 unspecified atom stereocenters. The molecule has 4 rings (SSSR count). The molecule has 0 saturated carbocycles. The van der Waals surface area contributed by atoms with Gasteiger partial charge in [0, 0.05) is 29.7 Å². The number of methoxy groups -OCH3 is 3. The molecule has 1 aromatic carbocycles. The van der Waals surface area contributed by atoms with E-state index < -0.39 is 0 Å². The molecule has 0 bridgehead atoms. The van der Waals surface area contributed by atoms with Crippen molar-refractivity contribution < 1.29 is 14.2 Å². The summed E-state index contributed by atoms with van der Waals surface area (Å²) in [5.41, 5.74) is 4.27. The third-order valence-electron chi connectivity index (χ3n) is 4.38. The van der Waals surface area contributed by atoms with Gasteiger partial charge in [-0.2, -0.15) is 5.10 Å². The van der Waals surface area contributed by atoms with E-state index in [1.807, 2.05) is 36.5 Å². The molecule has 27 heavy (non-hydrogen) atoms. The van der Waals surface area contributed by atoms with Gasteiger partial charge in [0.05, 0.1) is 32.4 Å². The van der Waals surface area contributed by atoms with Crippen LogP contribution in [-0.4, -0.2) is 41.5 Å². The molecular weight excluding hydrogens is 344 g/mol. The molecule has 0 spiro atoms. The number of pyridine rings is 2. The minimum atomic E-state index is 0.540. The number of hydrogen-bond acceptors (Lipinski definition) is 6. The minimum Gasteiger partial charge on any atom is -0.493 e. The Morgan fingerprint density at radius 1 is 0.889 bits per heavy atom. The Morgan fingerprint density at radius 3 is 2.30 bits per heavy atom. The third-order valence-corrected chi connectivity index (χ3v) is 4.38. The van der Waals surface area contributed by atoms with E-state index in [1.165, 1.54) is 0 Å². The first-order chi connectivity index (χ1) is 13.3. The van der Waals surface area contributed by atoms with Crippen LogP contribution >= 0.6 is 0 Å². The summed E-state index contributed by atoms with van der Waals surface area (Å²) in [6.07, 6.45) is 5.31. The van der Waals surface area contributed by atoms with Crippen LogP contribution in [0, 0.1) is 0 Å². The van der Waals surface area contributed by atoms with Gasteiger partial charge in [0.2, 0.25) is 5.75 Å². The number of fused-ring (bicyclic) bond motifs is 1. The van der Waals surface area contributed by atoms with Crippen molar-refractivity contribution in [2.75, 3.05) is 21.3 Å². The maximum absolute atomic E-state index is 5.48.